The van der Waals surface area contributed by atoms with E-state index >= 15 is 0 Å². The minimum atomic E-state index is 0.142. The molecule has 0 aliphatic carbocycles. The largest absolute Gasteiger partial charge is 0.445 e. The number of carbonyl (C=O) groups excluding carboxylic acids is 1. The Morgan fingerprint density at radius 1 is 1.58 bits per heavy atom. The Morgan fingerprint density at radius 2 is 2.42 bits per heavy atom. The van der Waals surface area contributed by atoms with Crippen LogP contribution in [-0.4, -0.2) is 34.9 Å². The lowest BCUT2D eigenvalue weighted by atomic mass is 9.99. The van der Waals surface area contributed by atoms with Gasteiger partial charge in [0.2, 0.25) is 11.8 Å². The Kier molecular flexibility index (Phi) is 4.96. The van der Waals surface area contributed by atoms with E-state index in [0.717, 1.165) is 24.6 Å². The SMILES string of the molecule is CCNC(=O)CC1CCCCN1Cc1ncc(C)o1. The average molecular weight is 265 g/mol. The van der Waals surface area contributed by atoms with Crippen LogP contribution in [0.3, 0.4) is 0 Å². The summed E-state index contributed by atoms with van der Waals surface area (Å²) in [7, 11) is 0. The van der Waals surface area contributed by atoms with Gasteiger partial charge in [0, 0.05) is 19.0 Å². The number of oxazole rings is 1. The van der Waals surface area contributed by atoms with E-state index in [1.807, 2.05) is 13.8 Å². The molecule has 1 saturated heterocycles. The fourth-order valence-corrected chi connectivity index (χ4v) is 2.63. The molecule has 5 heteroatoms. The number of piperidine rings is 1. The van der Waals surface area contributed by atoms with Crippen LogP contribution in [0.5, 0.6) is 0 Å². The molecule has 0 saturated carbocycles. The molecular formula is C14H23N3O2. The van der Waals surface area contributed by atoms with Gasteiger partial charge < -0.3 is 9.73 Å². The number of rotatable bonds is 5. The fourth-order valence-electron chi connectivity index (χ4n) is 2.63. The number of aromatic nitrogens is 1. The van der Waals surface area contributed by atoms with Gasteiger partial charge in [0.1, 0.15) is 5.76 Å². The molecule has 1 aliphatic rings. The van der Waals surface area contributed by atoms with Crippen LogP contribution in [0.4, 0.5) is 0 Å². The maximum Gasteiger partial charge on any atom is 0.221 e. The molecule has 5 nitrogen and oxygen atoms in total. The third-order valence-electron chi connectivity index (χ3n) is 3.55. The first kappa shape index (κ1) is 14.1. The van der Waals surface area contributed by atoms with Crippen molar-refractivity contribution in [2.24, 2.45) is 0 Å². The van der Waals surface area contributed by atoms with Crippen LogP contribution in [0, 0.1) is 6.92 Å². The van der Waals surface area contributed by atoms with Crippen LogP contribution >= 0.6 is 0 Å². The summed E-state index contributed by atoms with van der Waals surface area (Å²) in [5.41, 5.74) is 0. The van der Waals surface area contributed by atoms with Crippen LogP contribution in [0.2, 0.25) is 0 Å². The van der Waals surface area contributed by atoms with E-state index in [4.69, 9.17) is 4.42 Å². The monoisotopic (exact) mass is 265 g/mol. The Labute approximate surface area is 114 Å². The van der Waals surface area contributed by atoms with E-state index in [9.17, 15) is 4.79 Å². The number of amides is 1. The number of carbonyl (C=O) groups is 1. The lowest BCUT2D eigenvalue weighted by molar-refractivity contribution is -0.122. The lowest BCUT2D eigenvalue weighted by Gasteiger charge is -2.34. The predicted octanol–water partition coefficient (Wildman–Crippen LogP) is 1.86. The molecular weight excluding hydrogens is 242 g/mol. The summed E-state index contributed by atoms with van der Waals surface area (Å²) >= 11 is 0. The minimum absolute atomic E-state index is 0.142. The zero-order valence-corrected chi connectivity index (χ0v) is 11.8. The minimum Gasteiger partial charge on any atom is -0.445 e. The molecule has 2 heterocycles. The van der Waals surface area contributed by atoms with Crippen LogP contribution < -0.4 is 5.32 Å². The van der Waals surface area contributed by atoms with Crippen molar-refractivity contribution < 1.29 is 9.21 Å². The van der Waals surface area contributed by atoms with Crippen molar-refractivity contribution >= 4 is 5.91 Å². The highest BCUT2D eigenvalue weighted by Gasteiger charge is 2.25. The Morgan fingerprint density at radius 3 is 3.11 bits per heavy atom. The zero-order valence-electron chi connectivity index (χ0n) is 11.8. The van der Waals surface area contributed by atoms with Gasteiger partial charge >= 0.3 is 0 Å². The highest BCUT2D eigenvalue weighted by Crippen LogP contribution is 2.21. The second kappa shape index (κ2) is 6.70. The van der Waals surface area contributed by atoms with Crippen LogP contribution in [0.15, 0.2) is 10.6 Å². The fraction of sp³-hybridized carbons (Fsp3) is 0.714. The number of nitrogens with zero attached hydrogens (tertiary/aromatic N) is 2. The number of aryl methyl sites for hydroxylation is 1. The molecule has 19 heavy (non-hydrogen) atoms. The Bertz CT molecular complexity index is 417. The maximum absolute atomic E-state index is 11.7. The predicted molar refractivity (Wildman–Crippen MR) is 72.6 cm³/mol. The average Bonchev–Trinajstić information content (AvgIpc) is 2.78. The van der Waals surface area contributed by atoms with Gasteiger partial charge in [0.05, 0.1) is 12.7 Å². The van der Waals surface area contributed by atoms with E-state index in [-0.39, 0.29) is 5.91 Å². The van der Waals surface area contributed by atoms with E-state index in [0.29, 0.717) is 25.6 Å². The number of likely N-dealkylation sites (tertiary alicyclic amines) is 1. The third kappa shape index (κ3) is 4.06. The molecule has 2 rings (SSSR count). The zero-order chi connectivity index (χ0) is 13.7. The molecule has 1 amide bonds. The maximum atomic E-state index is 11.7. The molecule has 1 unspecified atom stereocenters. The van der Waals surface area contributed by atoms with Crippen molar-refractivity contribution in [3.63, 3.8) is 0 Å². The van der Waals surface area contributed by atoms with Crippen LogP contribution in [-0.2, 0) is 11.3 Å². The number of hydrogen-bond acceptors (Lipinski definition) is 4. The quantitative estimate of drug-likeness (QED) is 0.883. The molecule has 1 N–H and O–H groups in total. The smallest absolute Gasteiger partial charge is 0.221 e. The highest BCUT2D eigenvalue weighted by molar-refractivity contribution is 5.76. The van der Waals surface area contributed by atoms with Gasteiger partial charge in [-0.2, -0.15) is 0 Å². The molecule has 1 atom stereocenters. The molecule has 0 spiro atoms. The molecule has 1 aliphatic heterocycles. The summed E-state index contributed by atoms with van der Waals surface area (Å²) in [6.07, 6.45) is 5.79. The highest BCUT2D eigenvalue weighted by atomic mass is 16.4. The van der Waals surface area contributed by atoms with Gasteiger partial charge in [0.25, 0.3) is 0 Å². The topological polar surface area (TPSA) is 58.4 Å². The van der Waals surface area contributed by atoms with Gasteiger partial charge in [0.15, 0.2) is 0 Å². The summed E-state index contributed by atoms with van der Waals surface area (Å²) < 4.78 is 5.53. The van der Waals surface area contributed by atoms with E-state index < -0.39 is 0 Å². The summed E-state index contributed by atoms with van der Waals surface area (Å²) in [6.45, 7) is 6.28. The van der Waals surface area contributed by atoms with Crippen molar-refractivity contribution in [2.75, 3.05) is 13.1 Å². The van der Waals surface area contributed by atoms with E-state index in [2.05, 4.69) is 15.2 Å². The summed E-state index contributed by atoms with van der Waals surface area (Å²) in [5, 5.41) is 2.88. The second-order valence-corrected chi connectivity index (χ2v) is 5.14. The molecule has 0 radical (unpaired) electrons. The Hall–Kier alpha value is -1.36. The van der Waals surface area contributed by atoms with Gasteiger partial charge in [-0.3, -0.25) is 9.69 Å². The molecule has 0 bridgehead atoms. The van der Waals surface area contributed by atoms with Crippen molar-refractivity contribution in [1.29, 1.82) is 0 Å². The van der Waals surface area contributed by atoms with Crippen LogP contribution in [0.1, 0.15) is 44.3 Å². The lowest BCUT2D eigenvalue weighted by Crippen LogP contribution is -2.42. The molecule has 1 aromatic rings. The van der Waals surface area contributed by atoms with Gasteiger partial charge in [-0.25, -0.2) is 4.98 Å². The number of nitrogens with one attached hydrogen (secondary N) is 1. The van der Waals surface area contributed by atoms with E-state index in [1.54, 1.807) is 6.20 Å². The standard InChI is InChI=1S/C14H23N3O2/c1-3-15-13(18)8-12-6-4-5-7-17(12)10-14-16-9-11(2)19-14/h9,12H,3-8,10H2,1-2H3,(H,15,18). The van der Waals surface area contributed by atoms with Crippen molar-refractivity contribution in [3.05, 3.63) is 17.8 Å². The van der Waals surface area contributed by atoms with Crippen molar-refractivity contribution in [1.82, 2.24) is 15.2 Å². The second-order valence-electron chi connectivity index (χ2n) is 5.14. The molecule has 1 fully saturated rings. The van der Waals surface area contributed by atoms with Gasteiger partial charge in [-0.1, -0.05) is 6.42 Å². The summed E-state index contributed by atoms with van der Waals surface area (Å²) in [5.74, 6) is 1.73. The molecule has 1 aromatic heterocycles. The first-order valence-corrected chi connectivity index (χ1v) is 7.11. The molecule has 0 aromatic carbocycles. The normalized spacial score (nSPS) is 20.4. The van der Waals surface area contributed by atoms with Crippen molar-refractivity contribution in [2.45, 2.75) is 52.1 Å². The van der Waals surface area contributed by atoms with Gasteiger partial charge in [-0.15, -0.1) is 0 Å². The van der Waals surface area contributed by atoms with Crippen LogP contribution in [0.25, 0.3) is 0 Å². The Balaban J connectivity index is 1.93. The first-order valence-electron chi connectivity index (χ1n) is 7.11. The van der Waals surface area contributed by atoms with Crippen molar-refractivity contribution in [3.8, 4) is 0 Å². The first-order chi connectivity index (χ1) is 9.19. The third-order valence-corrected chi connectivity index (χ3v) is 3.55. The summed E-state index contributed by atoms with van der Waals surface area (Å²) in [4.78, 5) is 18.3. The van der Waals surface area contributed by atoms with E-state index in [1.165, 1.54) is 12.8 Å². The molecule has 106 valence electrons. The summed E-state index contributed by atoms with van der Waals surface area (Å²) in [6, 6.07) is 0.313. The van der Waals surface area contributed by atoms with Gasteiger partial charge in [-0.05, 0) is 33.2 Å². The number of hydrogen-bond donors (Lipinski definition) is 1.